The van der Waals surface area contributed by atoms with E-state index < -0.39 is 18.1 Å². The minimum atomic E-state index is -1.00. The van der Waals surface area contributed by atoms with Crippen LogP contribution in [0.4, 0.5) is 0 Å². The molecule has 2 atom stereocenters. The predicted molar refractivity (Wildman–Crippen MR) is 92.7 cm³/mol. The number of ether oxygens (including phenoxy) is 2. The second-order valence-corrected chi connectivity index (χ2v) is 5.51. The van der Waals surface area contributed by atoms with Crippen LogP contribution >= 0.6 is 0 Å². The summed E-state index contributed by atoms with van der Waals surface area (Å²) in [5, 5.41) is 11.9. The number of aliphatic carboxylic acids is 1. The molecule has 0 saturated heterocycles. The highest BCUT2D eigenvalue weighted by molar-refractivity contribution is 5.82. The molecule has 2 N–H and O–H groups in total. The van der Waals surface area contributed by atoms with Gasteiger partial charge in [-0.25, -0.2) is 0 Å². The molecular formula is C19H21NO5. The van der Waals surface area contributed by atoms with Crippen molar-refractivity contribution in [1.29, 1.82) is 0 Å². The quantitative estimate of drug-likeness (QED) is 0.770. The molecular weight excluding hydrogens is 322 g/mol. The lowest BCUT2D eigenvalue weighted by Gasteiger charge is -2.21. The van der Waals surface area contributed by atoms with Gasteiger partial charge in [-0.05, 0) is 36.8 Å². The Hall–Kier alpha value is -3.02. The van der Waals surface area contributed by atoms with Gasteiger partial charge >= 0.3 is 5.97 Å². The van der Waals surface area contributed by atoms with Crippen molar-refractivity contribution in [2.45, 2.75) is 25.5 Å². The number of carboxylic acid groups (broad SMARTS) is 1. The zero-order chi connectivity index (χ0) is 18.2. The Morgan fingerprint density at radius 3 is 2.24 bits per heavy atom. The van der Waals surface area contributed by atoms with Crippen LogP contribution in [0.5, 0.6) is 11.5 Å². The first-order chi connectivity index (χ1) is 12.0. The van der Waals surface area contributed by atoms with E-state index in [4.69, 9.17) is 14.6 Å². The van der Waals surface area contributed by atoms with E-state index in [9.17, 15) is 9.59 Å². The molecule has 0 bridgehead atoms. The molecule has 6 heteroatoms. The van der Waals surface area contributed by atoms with Crippen LogP contribution in [-0.2, 0) is 9.59 Å². The highest BCUT2D eigenvalue weighted by atomic mass is 16.5. The van der Waals surface area contributed by atoms with Gasteiger partial charge in [0.05, 0.1) is 19.6 Å². The fourth-order valence-corrected chi connectivity index (χ4v) is 2.31. The average molecular weight is 343 g/mol. The van der Waals surface area contributed by atoms with Gasteiger partial charge in [0.25, 0.3) is 5.91 Å². The number of methoxy groups -OCH3 is 1. The van der Waals surface area contributed by atoms with E-state index in [-0.39, 0.29) is 12.3 Å². The zero-order valence-corrected chi connectivity index (χ0v) is 14.1. The maximum Gasteiger partial charge on any atom is 0.305 e. The summed E-state index contributed by atoms with van der Waals surface area (Å²) in [6, 6.07) is 15.2. The van der Waals surface area contributed by atoms with Crippen LogP contribution in [0, 0.1) is 0 Å². The minimum absolute atomic E-state index is 0.226. The van der Waals surface area contributed by atoms with Crippen molar-refractivity contribution in [2.24, 2.45) is 0 Å². The minimum Gasteiger partial charge on any atom is -0.497 e. The molecule has 25 heavy (non-hydrogen) atoms. The second-order valence-electron chi connectivity index (χ2n) is 5.51. The van der Waals surface area contributed by atoms with Crippen molar-refractivity contribution in [2.75, 3.05) is 7.11 Å². The molecule has 2 aromatic carbocycles. The molecule has 0 aliphatic carbocycles. The van der Waals surface area contributed by atoms with E-state index in [2.05, 4.69) is 5.32 Å². The second kappa shape index (κ2) is 8.73. The summed E-state index contributed by atoms with van der Waals surface area (Å²) < 4.78 is 10.7. The van der Waals surface area contributed by atoms with Gasteiger partial charge in [0.1, 0.15) is 11.5 Å². The standard InChI is InChI=1S/C19H21NO5/c1-13(25-16-6-4-3-5-7-16)19(23)20-17(12-18(21)22)14-8-10-15(24-2)11-9-14/h3-11,13,17H,12H2,1-2H3,(H,20,23)(H,21,22)/t13-,17-/m1/s1. The van der Waals surface area contributed by atoms with Gasteiger partial charge in [-0.1, -0.05) is 30.3 Å². The molecule has 0 heterocycles. The maximum absolute atomic E-state index is 12.4. The fourth-order valence-electron chi connectivity index (χ4n) is 2.31. The Morgan fingerprint density at radius 2 is 1.68 bits per heavy atom. The molecule has 6 nitrogen and oxygen atoms in total. The zero-order valence-electron chi connectivity index (χ0n) is 14.1. The number of hydrogen-bond acceptors (Lipinski definition) is 4. The van der Waals surface area contributed by atoms with Crippen LogP contribution in [0.25, 0.3) is 0 Å². The molecule has 2 rings (SSSR count). The summed E-state index contributed by atoms with van der Waals surface area (Å²) in [6.07, 6.45) is -0.979. The molecule has 0 spiro atoms. The normalized spacial score (nSPS) is 12.7. The number of carboxylic acids is 1. The number of rotatable bonds is 8. The van der Waals surface area contributed by atoms with Gasteiger partial charge in [0, 0.05) is 0 Å². The third-order valence-corrected chi connectivity index (χ3v) is 3.64. The van der Waals surface area contributed by atoms with Gasteiger partial charge in [-0.15, -0.1) is 0 Å². The molecule has 0 unspecified atom stereocenters. The number of amides is 1. The van der Waals surface area contributed by atoms with Crippen LogP contribution in [0.2, 0.25) is 0 Å². The molecule has 0 saturated carbocycles. The highest BCUT2D eigenvalue weighted by Crippen LogP contribution is 2.21. The van der Waals surface area contributed by atoms with Gasteiger partial charge in [0.2, 0.25) is 0 Å². The summed E-state index contributed by atoms with van der Waals surface area (Å²) in [6.45, 7) is 1.62. The summed E-state index contributed by atoms with van der Waals surface area (Å²) in [5.41, 5.74) is 0.684. The summed E-state index contributed by atoms with van der Waals surface area (Å²) in [5.74, 6) is -0.155. The van der Waals surface area contributed by atoms with Crippen LogP contribution in [-0.4, -0.2) is 30.2 Å². The van der Waals surface area contributed by atoms with Gasteiger partial charge < -0.3 is 19.9 Å². The predicted octanol–water partition coefficient (Wildman–Crippen LogP) is 2.79. The number of carbonyl (C=O) groups is 2. The number of nitrogens with one attached hydrogen (secondary N) is 1. The Balaban J connectivity index is 2.07. The van der Waals surface area contributed by atoms with Crippen molar-refractivity contribution in [3.63, 3.8) is 0 Å². The van der Waals surface area contributed by atoms with E-state index in [1.165, 1.54) is 0 Å². The Kier molecular flexibility index (Phi) is 6.39. The van der Waals surface area contributed by atoms with Crippen LogP contribution in [0.15, 0.2) is 54.6 Å². The van der Waals surface area contributed by atoms with Crippen molar-refractivity contribution < 1.29 is 24.2 Å². The van der Waals surface area contributed by atoms with Gasteiger partial charge in [-0.3, -0.25) is 9.59 Å². The number of benzene rings is 2. The summed E-state index contributed by atoms with van der Waals surface area (Å²) >= 11 is 0. The van der Waals surface area contributed by atoms with Crippen LogP contribution in [0.1, 0.15) is 24.9 Å². The first-order valence-electron chi connectivity index (χ1n) is 7.87. The smallest absolute Gasteiger partial charge is 0.305 e. The number of hydrogen-bond donors (Lipinski definition) is 2. The Morgan fingerprint density at radius 1 is 1.04 bits per heavy atom. The lowest BCUT2D eigenvalue weighted by molar-refractivity contribution is -0.138. The van der Waals surface area contributed by atoms with E-state index in [0.717, 1.165) is 0 Å². The molecule has 1 amide bonds. The Bertz CT molecular complexity index is 700. The average Bonchev–Trinajstić information content (AvgIpc) is 2.61. The molecule has 2 aromatic rings. The van der Waals surface area contributed by atoms with E-state index in [0.29, 0.717) is 17.1 Å². The maximum atomic E-state index is 12.4. The molecule has 0 aliphatic rings. The molecule has 0 aromatic heterocycles. The van der Waals surface area contributed by atoms with Crippen molar-refractivity contribution in [1.82, 2.24) is 5.32 Å². The lowest BCUT2D eigenvalue weighted by atomic mass is 10.0. The van der Waals surface area contributed by atoms with Crippen molar-refractivity contribution in [3.05, 3.63) is 60.2 Å². The third-order valence-electron chi connectivity index (χ3n) is 3.64. The number of para-hydroxylation sites is 1. The van der Waals surface area contributed by atoms with Gasteiger partial charge in [-0.2, -0.15) is 0 Å². The monoisotopic (exact) mass is 343 g/mol. The molecule has 0 radical (unpaired) electrons. The SMILES string of the molecule is COc1ccc([C@@H](CC(=O)O)NC(=O)[C@@H](C)Oc2ccccc2)cc1. The van der Waals surface area contributed by atoms with Crippen LogP contribution < -0.4 is 14.8 Å². The number of carbonyl (C=O) groups excluding carboxylic acids is 1. The first kappa shape index (κ1) is 18.3. The molecule has 0 aliphatic heterocycles. The van der Waals surface area contributed by atoms with Gasteiger partial charge in [0.15, 0.2) is 6.10 Å². The molecule has 0 fully saturated rings. The van der Waals surface area contributed by atoms with Crippen molar-refractivity contribution in [3.8, 4) is 11.5 Å². The third kappa shape index (κ3) is 5.53. The van der Waals surface area contributed by atoms with E-state index >= 15 is 0 Å². The Labute approximate surface area is 146 Å². The van der Waals surface area contributed by atoms with Crippen molar-refractivity contribution >= 4 is 11.9 Å². The first-order valence-corrected chi connectivity index (χ1v) is 7.87. The van der Waals surface area contributed by atoms with E-state index in [1.807, 2.05) is 18.2 Å². The highest BCUT2D eigenvalue weighted by Gasteiger charge is 2.22. The lowest BCUT2D eigenvalue weighted by Crippen LogP contribution is -2.39. The van der Waals surface area contributed by atoms with Crippen LogP contribution in [0.3, 0.4) is 0 Å². The summed E-state index contributed by atoms with van der Waals surface area (Å²) in [7, 11) is 1.55. The molecule has 132 valence electrons. The van der Waals surface area contributed by atoms with E-state index in [1.54, 1.807) is 50.4 Å². The topological polar surface area (TPSA) is 84.9 Å². The fraction of sp³-hybridized carbons (Fsp3) is 0.263. The largest absolute Gasteiger partial charge is 0.497 e. The summed E-state index contributed by atoms with van der Waals surface area (Å²) in [4.78, 5) is 23.5.